The van der Waals surface area contributed by atoms with E-state index in [1.165, 1.54) is 5.56 Å². The third-order valence-electron chi connectivity index (χ3n) is 5.63. The molecule has 0 amide bonds. The molecule has 34 heavy (non-hydrogen) atoms. The van der Waals surface area contributed by atoms with Crippen molar-refractivity contribution in [2.45, 2.75) is 59.6 Å². The van der Waals surface area contributed by atoms with Crippen LogP contribution in [0.3, 0.4) is 0 Å². The van der Waals surface area contributed by atoms with Gasteiger partial charge in [0.1, 0.15) is 29.2 Å². The molecule has 2 N–H and O–H groups in total. The smallest absolute Gasteiger partial charge is 0.339 e. The second-order valence-corrected chi connectivity index (χ2v) is 16.9. The van der Waals surface area contributed by atoms with Gasteiger partial charge in [-0.2, -0.15) is 5.10 Å². The van der Waals surface area contributed by atoms with Crippen LogP contribution in [0.5, 0.6) is 0 Å². The van der Waals surface area contributed by atoms with Crippen LogP contribution >= 0.6 is 0 Å². The summed E-state index contributed by atoms with van der Waals surface area (Å²) in [7, 11) is -1.20. The molecular formula is C25H33N5O3Si. The van der Waals surface area contributed by atoms with Crippen molar-refractivity contribution in [1.82, 2.24) is 24.7 Å². The molecule has 0 spiro atoms. The van der Waals surface area contributed by atoms with Gasteiger partial charge in [-0.15, -0.1) is 0 Å². The van der Waals surface area contributed by atoms with Crippen molar-refractivity contribution in [3.8, 4) is 11.4 Å². The van der Waals surface area contributed by atoms with E-state index in [-0.39, 0.29) is 17.7 Å². The Balaban J connectivity index is 1.66. The number of carboxylic acid groups (broad SMARTS) is 1. The summed E-state index contributed by atoms with van der Waals surface area (Å²) in [5, 5.41) is 18.2. The fourth-order valence-corrected chi connectivity index (χ4v) is 4.70. The zero-order valence-electron chi connectivity index (χ0n) is 20.8. The number of nitrogens with one attached hydrogen (secondary N) is 1. The number of carbonyl (C=O) groups is 1. The number of aromatic nitrogens is 5. The lowest BCUT2D eigenvalue weighted by atomic mass is 9.88. The lowest BCUT2D eigenvalue weighted by molar-refractivity contribution is 0.0696. The van der Waals surface area contributed by atoms with Gasteiger partial charge in [0.25, 0.3) is 0 Å². The first kappa shape index (κ1) is 24.1. The first-order chi connectivity index (χ1) is 15.9. The number of ether oxygens (including phenoxy) is 1. The standard InChI is InChI=1S/C25H33N5O3Si/c1-25(2,3)12-16-7-8-17-19(11-16)28-29-21(17)20-13-26-23-22(27-20)18(24(31)32)14-30(23)15-33-9-10-34(4,5)6/h7-8,11,13-14H,9-10,12,15H2,1-6H3,(H,28,29)(H,31,32). The number of carboxylic acids is 1. The lowest BCUT2D eigenvalue weighted by Gasteiger charge is -2.17. The first-order valence-electron chi connectivity index (χ1n) is 11.6. The van der Waals surface area contributed by atoms with Gasteiger partial charge in [0, 0.05) is 26.3 Å². The Labute approximate surface area is 200 Å². The summed E-state index contributed by atoms with van der Waals surface area (Å²) in [5.74, 6) is -1.05. The van der Waals surface area contributed by atoms with E-state index in [0.717, 1.165) is 23.4 Å². The number of H-pyrrole nitrogens is 1. The summed E-state index contributed by atoms with van der Waals surface area (Å²) in [5.41, 5.74) is 4.45. The number of aromatic amines is 1. The van der Waals surface area contributed by atoms with E-state index in [1.807, 2.05) is 6.07 Å². The number of aromatic carboxylic acids is 1. The van der Waals surface area contributed by atoms with Gasteiger partial charge in [-0.1, -0.05) is 52.5 Å². The molecule has 9 heteroatoms. The molecule has 0 aliphatic heterocycles. The summed E-state index contributed by atoms with van der Waals surface area (Å²) >= 11 is 0. The first-order valence-corrected chi connectivity index (χ1v) is 15.3. The molecule has 3 heterocycles. The van der Waals surface area contributed by atoms with E-state index in [0.29, 0.717) is 29.2 Å². The maximum absolute atomic E-state index is 11.9. The molecule has 0 saturated carbocycles. The minimum atomic E-state index is -1.20. The quantitative estimate of drug-likeness (QED) is 0.253. The third kappa shape index (κ3) is 5.36. The fourth-order valence-electron chi connectivity index (χ4n) is 3.95. The highest BCUT2D eigenvalue weighted by Gasteiger charge is 2.20. The Morgan fingerprint density at radius 3 is 2.68 bits per heavy atom. The van der Waals surface area contributed by atoms with Crippen molar-refractivity contribution in [2.24, 2.45) is 5.41 Å². The van der Waals surface area contributed by atoms with Crippen LogP contribution in [-0.2, 0) is 17.9 Å². The highest BCUT2D eigenvalue weighted by atomic mass is 28.3. The van der Waals surface area contributed by atoms with E-state index in [9.17, 15) is 9.90 Å². The number of hydrogen-bond acceptors (Lipinski definition) is 5. The number of rotatable bonds is 8. The topological polar surface area (TPSA) is 106 Å². The lowest BCUT2D eigenvalue weighted by Crippen LogP contribution is -2.22. The summed E-state index contributed by atoms with van der Waals surface area (Å²) in [6, 6.07) is 7.30. The predicted molar refractivity (Wildman–Crippen MR) is 137 cm³/mol. The average molecular weight is 480 g/mol. The predicted octanol–water partition coefficient (Wildman–Crippen LogP) is 5.57. The minimum Gasteiger partial charge on any atom is -0.478 e. The molecule has 0 radical (unpaired) electrons. The average Bonchev–Trinajstić information content (AvgIpc) is 3.30. The van der Waals surface area contributed by atoms with E-state index in [2.05, 4.69) is 72.7 Å². The molecule has 1 aromatic carbocycles. The molecule has 0 aliphatic carbocycles. The number of benzene rings is 1. The van der Waals surface area contributed by atoms with Crippen molar-refractivity contribution in [2.75, 3.05) is 6.61 Å². The molecule has 0 fully saturated rings. The highest BCUT2D eigenvalue weighted by Crippen LogP contribution is 2.29. The van der Waals surface area contributed by atoms with Gasteiger partial charge >= 0.3 is 5.97 Å². The molecule has 0 unspecified atom stereocenters. The van der Waals surface area contributed by atoms with Crippen LogP contribution in [0, 0.1) is 5.41 Å². The molecule has 0 saturated heterocycles. The Kier molecular flexibility index (Phi) is 6.35. The monoisotopic (exact) mass is 479 g/mol. The summed E-state index contributed by atoms with van der Waals surface area (Å²) in [4.78, 5) is 21.1. The molecule has 4 rings (SSSR count). The number of fused-ring (bicyclic) bond motifs is 2. The number of nitrogens with zero attached hydrogens (tertiary/aromatic N) is 4. The highest BCUT2D eigenvalue weighted by molar-refractivity contribution is 6.76. The van der Waals surface area contributed by atoms with Crippen molar-refractivity contribution < 1.29 is 14.6 Å². The van der Waals surface area contributed by atoms with Gasteiger partial charge in [0.05, 0.1) is 11.7 Å². The van der Waals surface area contributed by atoms with Crippen LogP contribution in [0.25, 0.3) is 33.5 Å². The third-order valence-corrected chi connectivity index (χ3v) is 7.33. The van der Waals surface area contributed by atoms with Gasteiger partial charge in [0.2, 0.25) is 0 Å². The van der Waals surface area contributed by atoms with Crippen LogP contribution in [0.1, 0.15) is 36.7 Å². The van der Waals surface area contributed by atoms with Gasteiger partial charge in [-0.05, 0) is 29.5 Å². The molecule has 0 atom stereocenters. The molecule has 4 aromatic rings. The van der Waals surface area contributed by atoms with Crippen LogP contribution in [0.4, 0.5) is 0 Å². The van der Waals surface area contributed by atoms with E-state index < -0.39 is 14.0 Å². The molecule has 8 nitrogen and oxygen atoms in total. The molecule has 3 aromatic heterocycles. The normalized spacial score (nSPS) is 12.6. The van der Waals surface area contributed by atoms with E-state index >= 15 is 0 Å². The van der Waals surface area contributed by atoms with Crippen molar-refractivity contribution in [3.63, 3.8) is 0 Å². The Morgan fingerprint density at radius 2 is 2.00 bits per heavy atom. The second kappa shape index (κ2) is 8.96. The molecule has 0 bridgehead atoms. The molecule has 180 valence electrons. The van der Waals surface area contributed by atoms with Gasteiger partial charge in [-0.3, -0.25) is 5.10 Å². The number of hydrogen-bond donors (Lipinski definition) is 2. The van der Waals surface area contributed by atoms with Crippen molar-refractivity contribution >= 4 is 36.1 Å². The Morgan fingerprint density at radius 1 is 1.24 bits per heavy atom. The zero-order chi connectivity index (χ0) is 24.7. The fraction of sp³-hybridized carbons (Fsp3) is 0.440. The maximum Gasteiger partial charge on any atom is 0.339 e. The molecule has 0 aliphatic rings. The van der Waals surface area contributed by atoms with Crippen LogP contribution in [-0.4, -0.2) is 50.5 Å². The summed E-state index contributed by atoms with van der Waals surface area (Å²) in [6.45, 7) is 14.4. The van der Waals surface area contributed by atoms with Gasteiger partial charge in [0.15, 0.2) is 5.65 Å². The van der Waals surface area contributed by atoms with E-state index in [4.69, 9.17) is 4.74 Å². The minimum absolute atomic E-state index is 0.102. The Hall–Kier alpha value is -3.04. The second-order valence-electron chi connectivity index (χ2n) is 11.3. The van der Waals surface area contributed by atoms with Crippen molar-refractivity contribution in [1.29, 1.82) is 0 Å². The van der Waals surface area contributed by atoms with Crippen LogP contribution < -0.4 is 0 Å². The SMILES string of the molecule is CC(C)(C)Cc1ccc2c(-c3cnc4c(n3)c(C(=O)O)cn4COCC[Si](C)(C)C)n[nH]c2c1. The maximum atomic E-state index is 11.9. The van der Waals surface area contributed by atoms with Crippen molar-refractivity contribution in [3.05, 3.63) is 41.7 Å². The zero-order valence-corrected chi connectivity index (χ0v) is 21.8. The largest absolute Gasteiger partial charge is 0.478 e. The Bertz CT molecular complexity index is 1340. The van der Waals surface area contributed by atoms with E-state index in [1.54, 1.807) is 17.0 Å². The van der Waals surface area contributed by atoms with Crippen LogP contribution in [0.15, 0.2) is 30.6 Å². The van der Waals surface area contributed by atoms with Gasteiger partial charge in [-0.25, -0.2) is 14.8 Å². The van der Waals surface area contributed by atoms with Gasteiger partial charge < -0.3 is 14.4 Å². The molecular weight excluding hydrogens is 446 g/mol. The summed E-state index contributed by atoms with van der Waals surface area (Å²) < 4.78 is 7.53. The van der Waals surface area contributed by atoms with Crippen LogP contribution in [0.2, 0.25) is 25.7 Å². The summed E-state index contributed by atoms with van der Waals surface area (Å²) in [6.07, 6.45) is 4.15.